The van der Waals surface area contributed by atoms with Gasteiger partial charge in [-0.2, -0.15) is 5.10 Å². The van der Waals surface area contributed by atoms with Crippen LogP contribution in [0.25, 0.3) is 0 Å². The van der Waals surface area contributed by atoms with E-state index >= 15 is 0 Å². The number of anilines is 1. The molecule has 22 heavy (non-hydrogen) atoms. The van der Waals surface area contributed by atoms with Crippen LogP contribution in [-0.2, 0) is 0 Å². The van der Waals surface area contributed by atoms with Crippen LogP contribution in [0.2, 0.25) is 0 Å². The minimum Gasteiger partial charge on any atom is -0.331 e. The molecular formula is C18H21N3S. The molecule has 0 unspecified atom stereocenters. The number of nitrogens with zero attached hydrogens (tertiary/aromatic N) is 1. The fourth-order valence-electron chi connectivity index (χ4n) is 2.12. The topological polar surface area (TPSA) is 36.4 Å². The van der Waals surface area contributed by atoms with Crippen molar-refractivity contribution in [1.29, 1.82) is 0 Å². The van der Waals surface area contributed by atoms with E-state index in [9.17, 15) is 0 Å². The summed E-state index contributed by atoms with van der Waals surface area (Å²) in [5.41, 5.74) is 8.36. The minimum atomic E-state index is 0.496. The third kappa shape index (κ3) is 4.40. The fraction of sp³-hybridized carbons (Fsp3) is 0.222. The molecule has 0 saturated heterocycles. The zero-order chi connectivity index (χ0) is 15.9. The van der Waals surface area contributed by atoms with Crippen molar-refractivity contribution in [3.63, 3.8) is 0 Å². The van der Waals surface area contributed by atoms with Gasteiger partial charge < -0.3 is 5.32 Å². The summed E-state index contributed by atoms with van der Waals surface area (Å²) in [6, 6.07) is 16.3. The fourth-order valence-corrected chi connectivity index (χ4v) is 2.27. The lowest BCUT2D eigenvalue weighted by Gasteiger charge is -2.12. The number of rotatable bonds is 4. The Kier molecular flexibility index (Phi) is 5.67. The number of benzene rings is 2. The average Bonchev–Trinajstić information content (AvgIpc) is 2.52. The second-order valence-electron chi connectivity index (χ2n) is 5.16. The zero-order valence-corrected chi connectivity index (χ0v) is 14.0. The molecule has 0 fully saturated rings. The molecule has 0 amide bonds. The normalized spacial score (nSPS) is 11.1. The summed E-state index contributed by atoms with van der Waals surface area (Å²) < 4.78 is 0. The third-order valence-corrected chi connectivity index (χ3v) is 3.57. The Morgan fingerprint density at radius 2 is 1.82 bits per heavy atom. The van der Waals surface area contributed by atoms with E-state index in [1.54, 1.807) is 0 Å². The summed E-state index contributed by atoms with van der Waals surface area (Å²) in [5.74, 6) is 0. The van der Waals surface area contributed by atoms with Crippen LogP contribution < -0.4 is 10.7 Å². The Bertz CT molecular complexity index is 678. The molecule has 0 heterocycles. The van der Waals surface area contributed by atoms with Gasteiger partial charge in [0.15, 0.2) is 5.11 Å². The Hall–Kier alpha value is -2.20. The molecule has 0 aliphatic heterocycles. The van der Waals surface area contributed by atoms with Gasteiger partial charge in [-0.15, -0.1) is 0 Å². The molecule has 0 bridgehead atoms. The van der Waals surface area contributed by atoms with Gasteiger partial charge in [0, 0.05) is 5.69 Å². The lowest BCUT2D eigenvalue weighted by atomic mass is 10.1. The maximum Gasteiger partial charge on any atom is 0.191 e. The predicted octanol–water partition coefficient (Wildman–Crippen LogP) is 4.40. The van der Waals surface area contributed by atoms with Crippen molar-refractivity contribution in [2.24, 2.45) is 5.10 Å². The highest BCUT2D eigenvalue weighted by Crippen LogP contribution is 2.16. The van der Waals surface area contributed by atoms with Gasteiger partial charge in [0.1, 0.15) is 0 Å². The van der Waals surface area contributed by atoms with E-state index in [1.807, 2.05) is 30.3 Å². The van der Waals surface area contributed by atoms with Gasteiger partial charge in [0.05, 0.1) is 5.71 Å². The molecule has 0 aliphatic rings. The van der Waals surface area contributed by atoms with Crippen molar-refractivity contribution < 1.29 is 0 Å². The van der Waals surface area contributed by atoms with Crippen LogP contribution in [0.4, 0.5) is 5.69 Å². The van der Waals surface area contributed by atoms with Gasteiger partial charge >= 0.3 is 0 Å². The summed E-state index contributed by atoms with van der Waals surface area (Å²) in [6.45, 7) is 6.19. The Labute approximate surface area is 137 Å². The third-order valence-electron chi connectivity index (χ3n) is 3.38. The van der Waals surface area contributed by atoms with Gasteiger partial charge in [-0.1, -0.05) is 49.4 Å². The van der Waals surface area contributed by atoms with E-state index in [0.29, 0.717) is 5.11 Å². The molecule has 2 aromatic rings. The standard InChI is InChI=1S/C18H21N3S/c1-4-16(15-8-6-5-7-9-15)20-21-18(22)19-17-12-13(2)10-11-14(17)3/h5-12H,4H2,1-3H3,(H2,19,21,22)/b20-16+. The van der Waals surface area contributed by atoms with E-state index in [0.717, 1.165) is 28.9 Å². The summed E-state index contributed by atoms with van der Waals surface area (Å²) >= 11 is 5.33. The maximum atomic E-state index is 5.33. The predicted molar refractivity (Wildman–Crippen MR) is 98.5 cm³/mol. The highest BCUT2D eigenvalue weighted by atomic mass is 32.1. The second kappa shape index (κ2) is 7.71. The molecule has 0 aromatic heterocycles. The first-order valence-electron chi connectivity index (χ1n) is 7.36. The first-order chi connectivity index (χ1) is 10.6. The Morgan fingerprint density at radius 3 is 2.50 bits per heavy atom. The van der Waals surface area contributed by atoms with Gasteiger partial charge in [0.25, 0.3) is 0 Å². The molecular weight excluding hydrogens is 290 g/mol. The molecule has 0 aliphatic carbocycles. The van der Waals surface area contributed by atoms with Gasteiger partial charge in [0.2, 0.25) is 0 Å². The molecule has 2 rings (SSSR count). The van der Waals surface area contributed by atoms with Crippen LogP contribution in [0.5, 0.6) is 0 Å². The van der Waals surface area contributed by atoms with Crippen molar-refractivity contribution >= 4 is 28.7 Å². The van der Waals surface area contributed by atoms with Crippen molar-refractivity contribution in [2.75, 3.05) is 5.32 Å². The molecule has 3 nitrogen and oxygen atoms in total. The molecule has 0 radical (unpaired) electrons. The zero-order valence-electron chi connectivity index (χ0n) is 13.2. The van der Waals surface area contributed by atoms with E-state index in [4.69, 9.17) is 12.2 Å². The largest absolute Gasteiger partial charge is 0.331 e. The van der Waals surface area contributed by atoms with Crippen molar-refractivity contribution in [1.82, 2.24) is 5.43 Å². The molecule has 0 saturated carbocycles. The van der Waals surface area contributed by atoms with Gasteiger partial charge in [-0.3, -0.25) is 5.43 Å². The SMILES string of the molecule is CC/C(=N\NC(=S)Nc1cc(C)ccc1C)c1ccccc1. The quantitative estimate of drug-likeness (QED) is 0.499. The second-order valence-corrected chi connectivity index (χ2v) is 5.57. The molecule has 4 heteroatoms. The summed E-state index contributed by atoms with van der Waals surface area (Å²) in [7, 11) is 0. The van der Waals surface area contributed by atoms with Crippen LogP contribution >= 0.6 is 12.2 Å². The average molecular weight is 311 g/mol. The van der Waals surface area contributed by atoms with E-state index in [1.165, 1.54) is 5.56 Å². The van der Waals surface area contributed by atoms with Crippen LogP contribution in [0.3, 0.4) is 0 Å². The molecule has 0 atom stereocenters. The first kappa shape index (κ1) is 16.2. The highest BCUT2D eigenvalue weighted by molar-refractivity contribution is 7.80. The number of nitrogens with one attached hydrogen (secondary N) is 2. The number of hydrazone groups is 1. The summed E-state index contributed by atoms with van der Waals surface area (Å²) in [5, 5.41) is 8.11. The van der Waals surface area contributed by atoms with E-state index in [-0.39, 0.29) is 0 Å². The highest BCUT2D eigenvalue weighted by Gasteiger charge is 2.03. The van der Waals surface area contributed by atoms with E-state index in [2.05, 4.69) is 54.8 Å². The molecule has 2 N–H and O–H groups in total. The van der Waals surface area contributed by atoms with E-state index < -0.39 is 0 Å². The van der Waals surface area contributed by atoms with Gasteiger partial charge in [-0.25, -0.2) is 0 Å². The number of thiocarbonyl (C=S) groups is 1. The maximum absolute atomic E-state index is 5.33. The molecule has 114 valence electrons. The Morgan fingerprint density at radius 1 is 1.09 bits per heavy atom. The number of aryl methyl sites for hydroxylation is 2. The number of hydrogen-bond acceptors (Lipinski definition) is 2. The lowest BCUT2D eigenvalue weighted by Crippen LogP contribution is -2.25. The summed E-state index contributed by atoms with van der Waals surface area (Å²) in [6.07, 6.45) is 0.836. The van der Waals surface area contributed by atoms with Crippen LogP contribution in [-0.4, -0.2) is 10.8 Å². The van der Waals surface area contributed by atoms with Crippen LogP contribution in [0.1, 0.15) is 30.0 Å². The van der Waals surface area contributed by atoms with Crippen molar-refractivity contribution in [3.05, 3.63) is 65.2 Å². The smallest absolute Gasteiger partial charge is 0.191 e. The van der Waals surface area contributed by atoms with Crippen LogP contribution in [0.15, 0.2) is 53.6 Å². The van der Waals surface area contributed by atoms with Crippen molar-refractivity contribution in [3.8, 4) is 0 Å². The van der Waals surface area contributed by atoms with Gasteiger partial charge in [-0.05, 0) is 55.2 Å². The minimum absolute atomic E-state index is 0.496. The monoisotopic (exact) mass is 311 g/mol. The number of hydrogen-bond donors (Lipinski definition) is 2. The molecule has 2 aromatic carbocycles. The lowest BCUT2D eigenvalue weighted by molar-refractivity contribution is 1.02. The Balaban J connectivity index is 2.05. The summed E-state index contributed by atoms with van der Waals surface area (Å²) in [4.78, 5) is 0. The molecule has 0 spiro atoms. The van der Waals surface area contributed by atoms with Crippen LogP contribution in [0, 0.1) is 13.8 Å². The van der Waals surface area contributed by atoms with Crippen molar-refractivity contribution in [2.45, 2.75) is 27.2 Å². The first-order valence-corrected chi connectivity index (χ1v) is 7.77.